The summed E-state index contributed by atoms with van der Waals surface area (Å²) in [5, 5.41) is 11.3. The summed E-state index contributed by atoms with van der Waals surface area (Å²) in [4.78, 5) is 21.1. The fraction of sp³-hybridized carbons (Fsp3) is 0.667. The van der Waals surface area contributed by atoms with Crippen LogP contribution in [0.25, 0.3) is 0 Å². The average molecular weight is 223 g/mol. The Hall–Kier alpha value is -1.50. The molecular formula is C12H17NO3. The summed E-state index contributed by atoms with van der Waals surface area (Å²) >= 11 is 0. The number of hydrogen-bond acceptors (Lipinski definition) is 2. The van der Waals surface area contributed by atoms with Gasteiger partial charge in [0.15, 0.2) is 0 Å². The van der Waals surface area contributed by atoms with Gasteiger partial charge >= 0.3 is 5.97 Å². The van der Waals surface area contributed by atoms with E-state index in [1.54, 1.807) is 0 Å². The van der Waals surface area contributed by atoms with E-state index in [2.05, 4.69) is 17.2 Å². The lowest BCUT2D eigenvalue weighted by atomic mass is 9.81. The molecule has 0 unspecified atom stereocenters. The number of carboxylic acid groups (broad SMARTS) is 1. The fourth-order valence-electron chi connectivity index (χ4n) is 2.06. The Labute approximate surface area is 95.4 Å². The Balaban J connectivity index is 2.39. The van der Waals surface area contributed by atoms with Gasteiger partial charge < -0.3 is 10.4 Å². The van der Waals surface area contributed by atoms with Crippen LogP contribution in [-0.4, -0.2) is 23.5 Å². The molecule has 16 heavy (non-hydrogen) atoms. The highest BCUT2D eigenvalue weighted by Crippen LogP contribution is 2.27. The largest absolute Gasteiger partial charge is 0.472 e. The molecule has 2 atom stereocenters. The van der Waals surface area contributed by atoms with Crippen LogP contribution in [0.2, 0.25) is 0 Å². The molecule has 0 aromatic carbocycles. The van der Waals surface area contributed by atoms with Crippen molar-refractivity contribution in [3.8, 4) is 11.8 Å². The summed E-state index contributed by atoms with van der Waals surface area (Å²) in [5.74, 6) is 4.48. The van der Waals surface area contributed by atoms with Crippen molar-refractivity contribution in [3.05, 3.63) is 0 Å². The summed E-state index contributed by atoms with van der Waals surface area (Å²) in [6, 6.07) is 0. The van der Waals surface area contributed by atoms with E-state index in [0.717, 1.165) is 25.7 Å². The van der Waals surface area contributed by atoms with Crippen LogP contribution in [-0.2, 0) is 9.59 Å². The number of carboxylic acids is 1. The topological polar surface area (TPSA) is 66.4 Å². The predicted octanol–water partition coefficient (Wildman–Crippen LogP) is 1.02. The van der Waals surface area contributed by atoms with Gasteiger partial charge in [0.05, 0.1) is 0 Å². The first kappa shape index (κ1) is 12.6. The standard InChI is InChI=1S/C12H17NO3/c1-9(14)13-8-11-4-2-3-10(7-11)5-6-12(15)16/h10-11H,2-4,7-8H2,1H3,(H,13,14)(H,15,16)/t10-,11-/m1/s1. The highest BCUT2D eigenvalue weighted by molar-refractivity contribution is 5.86. The van der Waals surface area contributed by atoms with Crippen molar-refractivity contribution in [1.29, 1.82) is 0 Å². The Morgan fingerprint density at radius 3 is 2.81 bits per heavy atom. The van der Waals surface area contributed by atoms with Crippen molar-refractivity contribution < 1.29 is 14.7 Å². The van der Waals surface area contributed by atoms with Crippen molar-refractivity contribution in [2.24, 2.45) is 11.8 Å². The second-order valence-corrected chi connectivity index (χ2v) is 4.24. The van der Waals surface area contributed by atoms with Gasteiger partial charge in [-0.2, -0.15) is 0 Å². The van der Waals surface area contributed by atoms with Gasteiger partial charge in [-0.15, -0.1) is 0 Å². The molecule has 1 fully saturated rings. The highest BCUT2D eigenvalue weighted by Gasteiger charge is 2.20. The van der Waals surface area contributed by atoms with Crippen molar-refractivity contribution in [3.63, 3.8) is 0 Å². The third kappa shape index (κ3) is 4.83. The number of nitrogens with one attached hydrogen (secondary N) is 1. The molecule has 0 bridgehead atoms. The zero-order chi connectivity index (χ0) is 12.0. The van der Waals surface area contributed by atoms with Crippen molar-refractivity contribution in [2.45, 2.75) is 32.6 Å². The van der Waals surface area contributed by atoms with Crippen LogP contribution in [0.1, 0.15) is 32.6 Å². The molecule has 0 spiro atoms. The van der Waals surface area contributed by atoms with E-state index in [9.17, 15) is 9.59 Å². The van der Waals surface area contributed by atoms with Crippen LogP contribution in [0.3, 0.4) is 0 Å². The quantitative estimate of drug-likeness (QED) is 0.687. The molecule has 0 saturated heterocycles. The van der Waals surface area contributed by atoms with Gasteiger partial charge in [-0.1, -0.05) is 12.3 Å². The highest BCUT2D eigenvalue weighted by atomic mass is 16.4. The number of carbonyl (C=O) groups excluding carboxylic acids is 1. The van der Waals surface area contributed by atoms with Gasteiger partial charge in [0, 0.05) is 25.3 Å². The van der Waals surface area contributed by atoms with Crippen LogP contribution in [0.5, 0.6) is 0 Å². The molecule has 0 aliphatic heterocycles. The molecule has 0 radical (unpaired) electrons. The van der Waals surface area contributed by atoms with Crippen LogP contribution in [0.15, 0.2) is 0 Å². The lowest BCUT2D eigenvalue weighted by Crippen LogP contribution is -2.29. The molecule has 4 nitrogen and oxygen atoms in total. The maximum absolute atomic E-state index is 10.8. The van der Waals surface area contributed by atoms with E-state index in [-0.39, 0.29) is 11.8 Å². The molecular weight excluding hydrogens is 206 g/mol. The van der Waals surface area contributed by atoms with Crippen molar-refractivity contribution >= 4 is 11.9 Å². The summed E-state index contributed by atoms with van der Waals surface area (Å²) in [5.41, 5.74) is 0. The smallest absolute Gasteiger partial charge is 0.381 e. The lowest BCUT2D eigenvalue weighted by molar-refractivity contribution is -0.130. The minimum Gasteiger partial charge on any atom is -0.472 e. The Bertz CT molecular complexity index is 327. The molecule has 0 aromatic heterocycles. The SMILES string of the molecule is CC(=O)NC[C@@H]1CCC[C@H](C#CC(=O)O)C1. The van der Waals surface area contributed by atoms with E-state index in [1.165, 1.54) is 6.92 Å². The van der Waals surface area contributed by atoms with E-state index >= 15 is 0 Å². The first-order chi connectivity index (χ1) is 7.58. The van der Waals surface area contributed by atoms with Gasteiger partial charge in [-0.25, -0.2) is 4.79 Å². The molecule has 1 aliphatic rings. The predicted molar refractivity (Wildman–Crippen MR) is 59.5 cm³/mol. The number of carbonyl (C=O) groups is 2. The van der Waals surface area contributed by atoms with E-state index in [0.29, 0.717) is 12.5 Å². The normalized spacial score (nSPS) is 24.1. The number of aliphatic carboxylic acids is 1. The second kappa shape index (κ2) is 6.16. The molecule has 4 heteroatoms. The average Bonchev–Trinajstić information content (AvgIpc) is 2.24. The third-order valence-corrected chi connectivity index (χ3v) is 2.81. The van der Waals surface area contributed by atoms with Crippen molar-refractivity contribution in [2.75, 3.05) is 6.54 Å². The van der Waals surface area contributed by atoms with E-state index in [4.69, 9.17) is 5.11 Å². The Morgan fingerprint density at radius 1 is 1.44 bits per heavy atom. The maximum Gasteiger partial charge on any atom is 0.381 e. The van der Waals surface area contributed by atoms with Gasteiger partial charge in [-0.05, 0) is 25.2 Å². The summed E-state index contributed by atoms with van der Waals surface area (Å²) in [6.45, 7) is 2.19. The third-order valence-electron chi connectivity index (χ3n) is 2.81. The number of rotatable bonds is 2. The molecule has 1 rings (SSSR count). The van der Waals surface area contributed by atoms with Crippen LogP contribution in [0.4, 0.5) is 0 Å². The Morgan fingerprint density at radius 2 is 2.19 bits per heavy atom. The molecule has 0 aromatic rings. The zero-order valence-electron chi connectivity index (χ0n) is 9.45. The molecule has 2 N–H and O–H groups in total. The molecule has 88 valence electrons. The Kier molecular flexibility index (Phi) is 4.84. The summed E-state index contributed by atoms with van der Waals surface area (Å²) in [6.07, 6.45) is 4.01. The van der Waals surface area contributed by atoms with E-state index < -0.39 is 5.97 Å². The molecule has 1 amide bonds. The first-order valence-corrected chi connectivity index (χ1v) is 5.57. The van der Waals surface area contributed by atoms with Gasteiger partial charge in [-0.3, -0.25) is 4.79 Å². The molecule has 0 heterocycles. The van der Waals surface area contributed by atoms with Crippen LogP contribution in [0, 0.1) is 23.7 Å². The first-order valence-electron chi connectivity index (χ1n) is 5.57. The van der Waals surface area contributed by atoms with Crippen LogP contribution < -0.4 is 5.32 Å². The minimum absolute atomic E-state index is 0.0151. The molecule has 1 aliphatic carbocycles. The zero-order valence-corrected chi connectivity index (χ0v) is 9.45. The molecule has 1 saturated carbocycles. The summed E-state index contributed by atoms with van der Waals surface area (Å²) < 4.78 is 0. The van der Waals surface area contributed by atoms with E-state index in [1.807, 2.05) is 0 Å². The van der Waals surface area contributed by atoms with Gasteiger partial charge in [0.1, 0.15) is 0 Å². The minimum atomic E-state index is -1.07. The van der Waals surface area contributed by atoms with Gasteiger partial charge in [0.25, 0.3) is 0 Å². The van der Waals surface area contributed by atoms with Crippen LogP contribution >= 0.6 is 0 Å². The fourth-order valence-corrected chi connectivity index (χ4v) is 2.06. The van der Waals surface area contributed by atoms with Gasteiger partial charge in [0.2, 0.25) is 5.91 Å². The maximum atomic E-state index is 10.8. The number of hydrogen-bond donors (Lipinski definition) is 2. The summed E-state index contributed by atoms with van der Waals surface area (Å²) in [7, 11) is 0. The van der Waals surface area contributed by atoms with Crippen molar-refractivity contribution in [1.82, 2.24) is 5.32 Å². The lowest BCUT2D eigenvalue weighted by Gasteiger charge is -2.25. The second-order valence-electron chi connectivity index (χ2n) is 4.24. The monoisotopic (exact) mass is 223 g/mol. The number of amides is 1.